The Labute approximate surface area is 183 Å². The van der Waals surface area contributed by atoms with Crippen LogP contribution in [0.15, 0.2) is 62.7 Å². The van der Waals surface area contributed by atoms with Crippen molar-refractivity contribution in [3.05, 3.63) is 65.2 Å². The summed E-state index contributed by atoms with van der Waals surface area (Å²) in [5.74, 6) is 0.993. The van der Waals surface area contributed by atoms with Crippen molar-refractivity contribution in [1.82, 2.24) is 5.16 Å². The maximum Gasteiger partial charge on any atom is 0.573 e. The highest BCUT2D eigenvalue weighted by atomic mass is 35.5. The molecule has 1 aromatic heterocycles. The standard InChI is InChI=1S/C22H20F3N3O2.ClH/c1-3-13(4-2)17-12-20(30-28-17)21-26-16-10-9-14(11-18(16)27-21)15-7-5-6-8-19(15)29-22(23,24)25;/h5-10,12-13H,3-4,11H2,1-2H3;1H. The van der Waals surface area contributed by atoms with Crippen molar-refractivity contribution in [2.24, 2.45) is 9.98 Å². The summed E-state index contributed by atoms with van der Waals surface area (Å²) in [5.41, 5.74) is 3.26. The zero-order valence-electron chi connectivity index (χ0n) is 16.9. The zero-order valence-corrected chi connectivity index (χ0v) is 17.8. The molecule has 0 fully saturated rings. The van der Waals surface area contributed by atoms with Gasteiger partial charge < -0.3 is 9.26 Å². The third-order valence-electron chi connectivity index (χ3n) is 5.17. The zero-order chi connectivity index (χ0) is 21.3. The van der Waals surface area contributed by atoms with Crippen LogP contribution in [0.4, 0.5) is 13.2 Å². The third kappa shape index (κ3) is 4.90. The Bertz CT molecular complexity index is 1080. The van der Waals surface area contributed by atoms with E-state index in [9.17, 15) is 13.2 Å². The summed E-state index contributed by atoms with van der Waals surface area (Å²) >= 11 is 0. The van der Waals surface area contributed by atoms with Gasteiger partial charge in [-0.1, -0.05) is 43.3 Å². The molecule has 0 spiro atoms. The van der Waals surface area contributed by atoms with Gasteiger partial charge in [0.1, 0.15) is 5.75 Å². The minimum Gasteiger partial charge on any atom is -0.405 e. The number of allylic oxidation sites excluding steroid dienone is 4. The van der Waals surface area contributed by atoms with Crippen LogP contribution >= 0.6 is 12.4 Å². The van der Waals surface area contributed by atoms with E-state index >= 15 is 0 Å². The maximum absolute atomic E-state index is 12.7. The highest BCUT2D eigenvalue weighted by Gasteiger charge is 2.33. The van der Waals surface area contributed by atoms with Gasteiger partial charge in [0.15, 0.2) is 5.84 Å². The van der Waals surface area contributed by atoms with Gasteiger partial charge >= 0.3 is 6.36 Å². The van der Waals surface area contributed by atoms with Crippen LogP contribution in [-0.2, 0) is 0 Å². The number of halogens is 4. The molecule has 0 radical (unpaired) electrons. The lowest BCUT2D eigenvalue weighted by molar-refractivity contribution is -0.274. The van der Waals surface area contributed by atoms with E-state index in [0.717, 1.165) is 18.5 Å². The summed E-state index contributed by atoms with van der Waals surface area (Å²) in [7, 11) is 0. The number of benzene rings is 1. The first-order valence-corrected chi connectivity index (χ1v) is 9.77. The monoisotopic (exact) mass is 451 g/mol. The summed E-state index contributed by atoms with van der Waals surface area (Å²) in [5, 5.41) is 4.15. The molecule has 1 aliphatic heterocycles. The number of para-hydroxylation sites is 1. The Hall–Kier alpha value is -2.87. The van der Waals surface area contributed by atoms with Gasteiger partial charge in [0.2, 0.25) is 5.76 Å². The van der Waals surface area contributed by atoms with E-state index in [1.54, 1.807) is 24.3 Å². The van der Waals surface area contributed by atoms with Crippen LogP contribution < -0.4 is 4.74 Å². The van der Waals surface area contributed by atoms with Crippen molar-refractivity contribution < 1.29 is 22.4 Å². The summed E-state index contributed by atoms with van der Waals surface area (Å²) < 4.78 is 47.8. The van der Waals surface area contributed by atoms with Crippen LogP contribution in [0.3, 0.4) is 0 Å². The number of ether oxygens (including phenoxy) is 1. The quantitative estimate of drug-likeness (QED) is 0.505. The molecule has 5 nitrogen and oxygen atoms in total. The van der Waals surface area contributed by atoms with Crippen molar-refractivity contribution in [1.29, 1.82) is 0 Å². The summed E-state index contributed by atoms with van der Waals surface area (Å²) in [4.78, 5) is 9.04. The van der Waals surface area contributed by atoms with E-state index in [4.69, 9.17) is 4.52 Å². The lowest BCUT2D eigenvalue weighted by Gasteiger charge is -2.17. The second kappa shape index (κ2) is 9.09. The fourth-order valence-corrected chi connectivity index (χ4v) is 3.61. The molecule has 0 bridgehead atoms. The Morgan fingerprint density at radius 2 is 1.84 bits per heavy atom. The lowest BCUT2D eigenvalue weighted by Crippen LogP contribution is -2.18. The number of hydrogen-bond donors (Lipinski definition) is 0. The molecule has 0 N–H and O–H groups in total. The van der Waals surface area contributed by atoms with Gasteiger partial charge in [0.25, 0.3) is 0 Å². The molecule has 164 valence electrons. The molecule has 9 heteroatoms. The second-order valence-electron chi connectivity index (χ2n) is 7.09. The molecule has 2 aromatic rings. The summed E-state index contributed by atoms with van der Waals surface area (Å²) in [6, 6.07) is 7.94. The highest BCUT2D eigenvalue weighted by Crippen LogP contribution is 2.36. The first kappa shape index (κ1) is 22.8. The van der Waals surface area contributed by atoms with Crippen LogP contribution in [0.5, 0.6) is 5.75 Å². The molecule has 0 saturated carbocycles. The molecular weight excluding hydrogens is 431 g/mol. The average molecular weight is 452 g/mol. The largest absolute Gasteiger partial charge is 0.573 e. The van der Waals surface area contributed by atoms with Gasteiger partial charge in [-0.05, 0) is 30.6 Å². The number of nitrogens with zero attached hydrogens (tertiary/aromatic N) is 3. The SMILES string of the molecule is CCC(CC)c1cc(C2=NC3=CC=C(c4ccccc4OC(F)(F)F)CC3=N2)on1.Cl. The second-order valence-corrected chi connectivity index (χ2v) is 7.09. The summed E-state index contributed by atoms with van der Waals surface area (Å²) in [6.07, 6.45) is 0.988. The third-order valence-corrected chi connectivity index (χ3v) is 5.17. The van der Waals surface area contributed by atoms with Crippen molar-refractivity contribution in [2.45, 2.75) is 45.4 Å². The molecule has 31 heavy (non-hydrogen) atoms. The molecular formula is C22H21ClF3N3O2. The Balaban J connectivity index is 0.00000272. The van der Waals surface area contributed by atoms with Crippen LogP contribution in [0.1, 0.15) is 56.0 Å². The van der Waals surface area contributed by atoms with Crippen molar-refractivity contribution in [2.75, 3.05) is 0 Å². The molecule has 2 heterocycles. The Morgan fingerprint density at radius 1 is 1.10 bits per heavy atom. The van der Waals surface area contributed by atoms with E-state index in [-0.39, 0.29) is 18.2 Å². The van der Waals surface area contributed by atoms with Crippen LogP contribution in [0.2, 0.25) is 0 Å². The number of alkyl halides is 3. The van der Waals surface area contributed by atoms with Gasteiger partial charge in [-0.2, -0.15) is 0 Å². The maximum atomic E-state index is 12.7. The fraction of sp³-hybridized carbons (Fsp3) is 0.318. The molecule has 4 rings (SSSR count). The van der Waals surface area contributed by atoms with E-state index < -0.39 is 6.36 Å². The van der Waals surface area contributed by atoms with Gasteiger partial charge in [-0.15, -0.1) is 25.6 Å². The van der Waals surface area contributed by atoms with Crippen molar-refractivity contribution in [3.8, 4) is 5.75 Å². The number of aromatic nitrogens is 1. The molecule has 1 aromatic carbocycles. The van der Waals surface area contributed by atoms with Gasteiger partial charge in [-0.25, -0.2) is 9.98 Å². The van der Waals surface area contributed by atoms with Gasteiger partial charge in [0, 0.05) is 24.0 Å². The minimum absolute atomic E-state index is 0. The Morgan fingerprint density at radius 3 is 2.55 bits per heavy atom. The normalized spacial score (nSPS) is 15.5. The number of fused-ring (bicyclic) bond motifs is 1. The highest BCUT2D eigenvalue weighted by molar-refractivity contribution is 6.20. The smallest absolute Gasteiger partial charge is 0.405 e. The van der Waals surface area contributed by atoms with Gasteiger partial charge in [-0.3, -0.25) is 0 Å². The lowest BCUT2D eigenvalue weighted by atomic mass is 9.94. The molecule has 1 aliphatic carbocycles. The minimum atomic E-state index is -4.76. The summed E-state index contributed by atoms with van der Waals surface area (Å²) in [6.45, 7) is 4.20. The molecule has 0 saturated heterocycles. The van der Waals surface area contributed by atoms with E-state index in [1.165, 1.54) is 12.1 Å². The predicted octanol–water partition coefficient (Wildman–Crippen LogP) is 6.47. The fourth-order valence-electron chi connectivity index (χ4n) is 3.61. The number of amidine groups is 1. The average Bonchev–Trinajstić information content (AvgIpc) is 3.34. The van der Waals surface area contributed by atoms with E-state index in [2.05, 4.69) is 33.7 Å². The predicted molar refractivity (Wildman–Crippen MR) is 115 cm³/mol. The topological polar surface area (TPSA) is 60.0 Å². The number of hydrogen-bond acceptors (Lipinski definition) is 5. The van der Waals surface area contributed by atoms with Crippen LogP contribution in [-0.4, -0.2) is 23.1 Å². The number of rotatable bonds is 6. The van der Waals surface area contributed by atoms with Crippen molar-refractivity contribution in [3.63, 3.8) is 0 Å². The molecule has 0 atom stereocenters. The number of aliphatic imine (C=N–C) groups is 2. The Kier molecular flexibility index (Phi) is 6.69. The molecule has 0 unspecified atom stereocenters. The molecule has 2 aliphatic rings. The van der Waals surface area contributed by atoms with E-state index in [0.29, 0.717) is 46.5 Å². The van der Waals surface area contributed by atoms with Crippen LogP contribution in [0.25, 0.3) is 5.57 Å². The van der Waals surface area contributed by atoms with Gasteiger partial charge in [0.05, 0.1) is 17.1 Å². The van der Waals surface area contributed by atoms with Crippen LogP contribution in [0, 0.1) is 0 Å². The first-order valence-electron chi connectivity index (χ1n) is 9.77. The molecule has 0 amide bonds. The first-order chi connectivity index (χ1) is 14.4. The van der Waals surface area contributed by atoms with E-state index in [1.807, 2.05) is 6.07 Å². The van der Waals surface area contributed by atoms with Crippen molar-refractivity contribution >= 4 is 29.5 Å².